The van der Waals surface area contributed by atoms with Crippen molar-refractivity contribution in [3.8, 4) is 0 Å². The minimum Gasteiger partial charge on any atom is -0.409 e. The van der Waals surface area contributed by atoms with Crippen LogP contribution in [0.2, 0.25) is 5.02 Å². The monoisotopic (exact) mass is 290 g/mol. The zero-order valence-electron chi connectivity index (χ0n) is 11.0. The van der Waals surface area contributed by atoms with Crippen LogP contribution in [0.1, 0.15) is 11.3 Å². The maximum atomic E-state index is 8.68. The first-order chi connectivity index (χ1) is 9.61. The van der Waals surface area contributed by atoms with Gasteiger partial charge in [-0.1, -0.05) is 35.0 Å². The Labute approximate surface area is 122 Å². The lowest BCUT2D eigenvalue weighted by Gasteiger charge is -2.20. The summed E-state index contributed by atoms with van der Waals surface area (Å²) in [5.41, 5.74) is 7.90. The molecule has 2 rings (SSSR count). The molecule has 2 aromatic rings. The van der Waals surface area contributed by atoms with Crippen molar-refractivity contribution >= 4 is 23.1 Å². The number of hydrogen-bond donors (Lipinski definition) is 2. The lowest BCUT2D eigenvalue weighted by molar-refractivity contribution is 0.318. The Morgan fingerprint density at radius 2 is 2.15 bits per heavy atom. The number of nitrogens with two attached hydrogens (primary N) is 1. The number of benzene rings is 1. The van der Waals surface area contributed by atoms with Gasteiger partial charge in [-0.3, -0.25) is 4.98 Å². The fourth-order valence-corrected chi connectivity index (χ4v) is 2.02. The van der Waals surface area contributed by atoms with E-state index in [1.54, 1.807) is 12.3 Å². The molecule has 5 nitrogen and oxygen atoms in total. The third-order valence-corrected chi connectivity index (χ3v) is 3.29. The molecule has 104 valence electrons. The molecule has 0 radical (unpaired) electrons. The van der Waals surface area contributed by atoms with E-state index in [0.717, 1.165) is 16.3 Å². The van der Waals surface area contributed by atoms with Gasteiger partial charge in [0.05, 0.1) is 0 Å². The molecule has 0 spiro atoms. The molecule has 1 heterocycles. The van der Waals surface area contributed by atoms with Crippen LogP contribution in [-0.2, 0) is 6.54 Å². The Balaban J connectivity index is 2.21. The molecule has 0 aliphatic heterocycles. The summed E-state index contributed by atoms with van der Waals surface area (Å²) in [6.45, 7) is 0.652. The number of rotatable bonds is 4. The molecule has 0 bridgehead atoms. The fraction of sp³-hybridized carbons (Fsp3) is 0.143. The van der Waals surface area contributed by atoms with E-state index in [1.165, 1.54) is 0 Å². The van der Waals surface area contributed by atoms with E-state index in [0.29, 0.717) is 12.2 Å². The summed E-state index contributed by atoms with van der Waals surface area (Å²) in [6, 6.07) is 11.3. The van der Waals surface area contributed by atoms with Crippen molar-refractivity contribution in [3.63, 3.8) is 0 Å². The van der Waals surface area contributed by atoms with Crippen molar-refractivity contribution in [1.82, 2.24) is 4.98 Å². The molecule has 1 aromatic carbocycles. The first-order valence-corrected chi connectivity index (χ1v) is 6.38. The van der Waals surface area contributed by atoms with E-state index in [4.69, 9.17) is 22.5 Å². The van der Waals surface area contributed by atoms with Gasteiger partial charge in [-0.05, 0) is 23.8 Å². The van der Waals surface area contributed by atoms with Crippen molar-refractivity contribution in [2.75, 3.05) is 11.9 Å². The van der Waals surface area contributed by atoms with Crippen LogP contribution in [0.4, 0.5) is 5.69 Å². The number of amidine groups is 1. The molecule has 0 saturated carbocycles. The Kier molecular flexibility index (Phi) is 4.42. The van der Waals surface area contributed by atoms with Gasteiger partial charge in [0.2, 0.25) is 0 Å². The Morgan fingerprint density at radius 3 is 2.85 bits per heavy atom. The van der Waals surface area contributed by atoms with Crippen molar-refractivity contribution in [2.45, 2.75) is 6.54 Å². The molecule has 6 heteroatoms. The van der Waals surface area contributed by atoms with Gasteiger partial charge in [0.25, 0.3) is 0 Å². The molecule has 0 aliphatic carbocycles. The standard InChI is InChI=1S/C14H15ClN4O/c1-19(9-10-4-2-3-5-12(10)15)11-6-7-17-13(8-11)14(16)18-20/h2-8,20H,9H2,1H3,(H2,16,18). The van der Waals surface area contributed by atoms with Crippen molar-refractivity contribution < 1.29 is 5.21 Å². The third-order valence-electron chi connectivity index (χ3n) is 2.92. The SMILES string of the molecule is CN(Cc1ccccc1Cl)c1ccnc(C(N)=NO)c1. The Morgan fingerprint density at radius 1 is 1.40 bits per heavy atom. The van der Waals surface area contributed by atoms with Crippen molar-refractivity contribution in [2.24, 2.45) is 10.9 Å². The molecule has 20 heavy (non-hydrogen) atoms. The summed E-state index contributed by atoms with van der Waals surface area (Å²) in [5.74, 6) is -0.0157. The van der Waals surface area contributed by atoms with Crippen LogP contribution >= 0.6 is 11.6 Å². The second-order valence-corrected chi connectivity index (χ2v) is 4.74. The van der Waals surface area contributed by atoms with Crippen molar-refractivity contribution in [3.05, 3.63) is 58.9 Å². The second-order valence-electron chi connectivity index (χ2n) is 4.33. The summed E-state index contributed by atoms with van der Waals surface area (Å²) in [5, 5.41) is 12.4. The Bertz CT molecular complexity index is 630. The molecular formula is C14H15ClN4O. The molecule has 0 saturated heterocycles. The average molecular weight is 291 g/mol. The van der Waals surface area contributed by atoms with Gasteiger partial charge in [0.1, 0.15) is 5.69 Å². The normalized spacial score (nSPS) is 11.4. The number of aromatic nitrogens is 1. The van der Waals surface area contributed by atoms with E-state index in [1.807, 2.05) is 42.3 Å². The van der Waals surface area contributed by atoms with Crippen LogP contribution in [0.5, 0.6) is 0 Å². The summed E-state index contributed by atoms with van der Waals surface area (Å²) >= 11 is 6.15. The van der Waals surface area contributed by atoms with E-state index < -0.39 is 0 Å². The summed E-state index contributed by atoms with van der Waals surface area (Å²) in [7, 11) is 1.94. The molecule has 0 unspecified atom stereocenters. The molecule has 0 atom stereocenters. The maximum Gasteiger partial charge on any atom is 0.188 e. The van der Waals surface area contributed by atoms with Gasteiger partial charge in [0, 0.05) is 30.5 Å². The summed E-state index contributed by atoms with van der Waals surface area (Å²) in [4.78, 5) is 6.06. The quantitative estimate of drug-likeness (QED) is 0.393. The number of hydrogen-bond acceptors (Lipinski definition) is 4. The highest BCUT2D eigenvalue weighted by molar-refractivity contribution is 6.31. The van der Waals surface area contributed by atoms with Gasteiger partial charge in [-0.15, -0.1) is 0 Å². The summed E-state index contributed by atoms with van der Waals surface area (Å²) in [6.07, 6.45) is 1.62. The predicted molar refractivity (Wildman–Crippen MR) is 80.3 cm³/mol. The zero-order chi connectivity index (χ0) is 14.5. The number of oxime groups is 1. The molecule has 1 aromatic heterocycles. The smallest absolute Gasteiger partial charge is 0.188 e. The average Bonchev–Trinajstić information content (AvgIpc) is 2.49. The van der Waals surface area contributed by atoms with E-state index in [2.05, 4.69) is 10.1 Å². The lowest BCUT2D eigenvalue weighted by Crippen LogP contribution is -2.19. The maximum absolute atomic E-state index is 8.68. The largest absolute Gasteiger partial charge is 0.409 e. The first kappa shape index (κ1) is 14.1. The van der Waals surface area contributed by atoms with Crippen LogP contribution in [0, 0.1) is 0 Å². The highest BCUT2D eigenvalue weighted by Crippen LogP contribution is 2.20. The Hall–Kier alpha value is -2.27. The first-order valence-electron chi connectivity index (χ1n) is 6.00. The molecule has 0 fully saturated rings. The fourth-order valence-electron chi connectivity index (χ4n) is 1.82. The van der Waals surface area contributed by atoms with Crippen LogP contribution < -0.4 is 10.6 Å². The predicted octanol–water partition coefficient (Wildman–Crippen LogP) is 2.47. The van der Waals surface area contributed by atoms with E-state index in [9.17, 15) is 0 Å². The van der Waals surface area contributed by atoms with Gasteiger partial charge in [0.15, 0.2) is 5.84 Å². The van der Waals surface area contributed by atoms with Gasteiger partial charge < -0.3 is 15.8 Å². The number of anilines is 1. The lowest BCUT2D eigenvalue weighted by atomic mass is 10.2. The van der Waals surface area contributed by atoms with Gasteiger partial charge in [-0.2, -0.15) is 0 Å². The molecule has 3 N–H and O–H groups in total. The van der Waals surface area contributed by atoms with Crippen molar-refractivity contribution in [1.29, 1.82) is 0 Å². The van der Waals surface area contributed by atoms with Gasteiger partial charge in [-0.25, -0.2) is 0 Å². The summed E-state index contributed by atoms with van der Waals surface area (Å²) < 4.78 is 0. The molecule has 0 amide bonds. The highest BCUT2D eigenvalue weighted by atomic mass is 35.5. The van der Waals surface area contributed by atoms with E-state index >= 15 is 0 Å². The van der Waals surface area contributed by atoms with Gasteiger partial charge >= 0.3 is 0 Å². The number of nitrogens with zero attached hydrogens (tertiary/aromatic N) is 3. The minimum absolute atomic E-state index is 0.0157. The highest BCUT2D eigenvalue weighted by Gasteiger charge is 2.08. The number of pyridine rings is 1. The molecule has 0 aliphatic rings. The van der Waals surface area contributed by atoms with Crippen LogP contribution in [0.25, 0.3) is 0 Å². The zero-order valence-corrected chi connectivity index (χ0v) is 11.7. The molecular weight excluding hydrogens is 276 g/mol. The second kappa shape index (κ2) is 6.25. The van der Waals surface area contributed by atoms with Crippen LogP contribution in [0.3, 0.4) is 0 Å². The topological polar surface area (TPSA) is 74.7 Å². The minimum atomic E-state index is -0.0157. The van der Waals surface area contributed by atoms with Crippen LogP contribution in [0.15, 0.2) is 47.8 Å². The van der Waals surface area contributed by atoms with E-state index in [-0.39, 0.29) is 5.84 Å². The third kappa shape index (κ3) is 3.19. The van der Waals surface area contributed by atoms with Crippen LogP contribution in [-0.4, -0.2) is 23.1 Å². The number of halogens is 1.